The third-order valence-corrected chi connectivity index (χ3v) is 17.5. The topological polar surface area (TPSA) is 409 Å². The van der Waals surface area contributed by atoms with Crippen molar-refractivity contribution in [3.63, 3.8) is 0 Å². The minimum absolute atomic E-state index is 0.0239. The number of benzene rings is 4. The van der Waals surface area contributed by atoms with Crippen molar-refractivity contribution < 1.29 is 48.6 Å². The van der Waals surface area contributed by atoms with E-state index in [-0.39, 0.29) is 62.5 Å². The summed E-state index contributed by atoms with van der Waals surface area (Å²) in [5, 5.41) is 41.5. The van der Waals surface area contributed by atoms with Gasteiger partial charge < -0.3 is 80.3 Å². The highest BCUT2D eigenvalue weighted by Gasteiger charge is 2.42. The number of H-pyrrole nitrogens is 2. The van der Waals surface area contributed by atoms with E-state index in [9.17, 15) is 29.4 Å². The first-order chi connectivity index (χ1) is 40.1. The zero-order valence-electron chi connectivity index (χ0n) is 46.6. The number of phenols is 1. The summed E-state index contributed by atoms with van der Waals surface area (Å²) in [7, 11) is 2.02. The van der Waals surface area contributed by atoms with Gasteiger partial charge in [0.05, 0.1) is 12.1 Å². The maximum absolute atomic E-state index is 15.1. The van der Waals surface area contributed by atoms with Gasteiger partial charge in [0.2, 0.25) is 47.3 Å². The third kappa shape index (κ3) is 17.2. The lowest BCUT2D eigenvalue weighted by Crippen LogP contribution is -2.64. The molecule has 6 aromatic rings. The number of hydrogen-bond donors (Lipinski definition) is 15. The van der Waals surface area contributed by atoms with E-state index in [1.54, 1.807) is 74.8 Å². The number of aliphatic hydroxyl groups excluding tert-OH is 1. The Hall–Kier alpha value is -8.59. The predicted molar refractivity (Wildman–Crippen MR) is 322 cm³/mol. The maximum atomic E-state index is 15.1. The quantitative estimate of drug-likeness (QED) is 0.0240. The van der Waals surface area contributed by atoms with E-state index >= 15 is 19.2 Å². The van der Waals surface area contributed by atoms with Crippen LogP contribution in [0.15, 0.2) is 121 Å². The summed E-state index contributed by atoms with van der Waals surface area (Å²) < 4.78 is -1.42. The Labute approximate surface area is 492 Å². The second-order valence-corrected chi connectivity index (χ2v) is 24.1. The van der Waals surface area contributed by atoms with Gasteiger partial charge in [0.25, 0.3) is 0 Å². The lowest BCUT2D eigenvalue weighted by atomic mass is 9.98. The number of nitrogens with two attached hydrogens (primary N) is 4. The number of guanidine groups is 1. The summed E-state index contributed by atoms with van der Waals surface area (Å²) in [6.07, 6.45) is 1.48. The van der Waals surface area contributed by atoms with Crippen LogP contribution in [-0.2, 0) is 64.0 Å². The molecule has 4 aromatic carbocycles. The fourth-order valence-electron chi connectivity index (χ4n) is 9.59. The molecule has 1 saturated heterocycles. The van der Waals surface area contributed by atoms with Crippen molar-refractivity contribution in [1.82, 2.24) is 47.2 Å². The van der Waals surface area contributed by atoms with Gasteiger partial charge in [-0.3, -0.25) is 43.3 Å². The van der Waals surface area contributed by atoms with E-state index in [0.717, 1.165) is 38.1 Å². The fraction of sp³-hybridized carbons (Fsp3) is 0.362. The molecule has 0 radical (unpaired) electrons. The van der Waals surface area contributed by atoms with Crippen molar-refractivity contribution in [3.05, 3.63) is 138 Å². The first-order valence-electron chi connectivity index (χ1n) is 27.2. The number of amides is 8. The summed E-state index contributed by atoms with van der Waals surface area (Å²) in [5.74, 6) is -7.57. The number of fused-ring (bicyclic) bond motifs is 2. The van der Waals surface area contributed by atoms with Crippen LogP contribution in [0.5, 0.6) is 5.75 Å². The fourth-order valence-corrected chi connectivity index (χ4v) is 12.4. The van der Waals surface area contributed by atoms with Gasteiger partial charge in [-0.2, -0.15) is 0 Å². The van der Waals surface area contributed by atoms with Crippen LogP contribution in [0.1, 0.15) is 55.9 Å². The molecular formula is C58H72N14O10S2. The molecule has 0 aliphatic carbocycles. The third-order valence-electron chi connectivity index (χ3n) is 14.2. The van der Waals surface area contributed by atoms with E-state index in [1.807, 2.05) is 42.5 Å². The molecule has 1 aliphatic heterocycles. The van der Waals surface area contributed by atoms with Crippen LogP contribution in [-0.4, -0.2) is 145 Å². The number of nitrogens with one attached hydrogen (secondary N) is 9. The van der Waals surface area contributed by atoms with Crippen molar-refractivity contribution >= 4 is 96.6 Å². The van der Waals surface area contributed by atoms with Crippen LogP contribution in [0.2, 0.25) is 0 Å². The van der Waals surface area contributed by atoms with E-state index in [0.29, 0.717) is 27.6 Å². The number of aromatic hydroxyl groups is 1. The van der Waals surface area contributed by atoms with Gasteiger partial charge >= 0.3 is 0 Å². The van der Waals surface area contributed by atoms with Crippen LogP contribution in [0.4, 0.5) is 0 Å². The van der Waals surface area contributed by atoms with Gasteiger partial charge in [-0.05, 0) is 86.6 Å². The number of hydrogen-bond acceptors (Lipinski definition) is 14. The lowest BCUT2D eigenvalue weighted by Gasteiger charge is -2.35. The minimum Gasteiger partial charge on any atom is -0.508 e. The molecule has 2 aromatic heterocycles. The molecule has 7 rings (SSSR count). The Bertz CT molecular complexity index is 3330. The molecule has 0 spiro atoms. The number of carbonyl (C=O) groups excluding carboxylic acids is 8. The summed E-state index contributed by atoms with van der Waals surface area (Å²) in [5.41, 5.74) is 27.2. The standard InChI is InChI=1S/C58H72N14O10S2/c1-31(73)47(49(60)75)71-56(82)48-58(2,3)84-83-30-46(70-50(76)39(59)24-32-12-5-4-6-13-32)55(81)67-43(25-33-19-21-36(74)22-20-33)52(78)69-44(26-34-28-64-40-16-9-7-14-37(34)40)53(79)66-42(18-11-23-63-57(61)62)51(77)68-45(54(80)72-48)27-35-29-65-41-17-10-8-15-38(35)41/h4-10,12-17,19-22,28-29,31,39,42-48,64-65,73-74H,11,18,23-27,30,59H2,1-3H3,(H2,60,75)(H,66,79)(H,67,81)(H,68,77)(H,69,78)(H,70,76)(H,71,82)(H,72,80)(H4,61,62,63)/t31-,39-,42+,43+,44-,45+,46+,47+,48+/m1/s1. The van der Waals surface area contributed by atoms with Crippen LogP contribution in [0.3, 0.4) is 0 Å². The SMILES string of the molecule is C[C@@H](O)[C@H](NC(=O)[C@@H]1NC(=O)[C@H](Cc2c[nH]c3ccccc23)NC(=O)[C@H](CCCN=C(N)N)NC(=O)[C@@H](Cc2c[nH]c3ccccc23)NC(=O)[C@H](Cc2ccc(O)cc2)NC(=O)[C@@H](NC(=O)[C@H](N)Cc2ccccc2)CSSC1(C)C)C(N)=O. The normalized spacial score (nSPS) is 21.3. The average molecular weight is 1190 g/mol. The van der Waals surface area contributed by atoms with E-state index in [1.165, 1.54) is 19.1 Å². The second kappa shape index (κ2) is 29.1. The number of aliphatic hydroxyl groups is 1. The number of rotatable bonds is 18. The molecule has 1 fully saturated rings. The molecule has 0 saturated carbocycles. The van der Waals surface area contributed by atoms with Gasteiger partial charge in [-0.15, -0.1) is 0 Å². The Morgan fingerprint density at radius 3 is 1.75 bits per heavy atom. The molecule has 24 nitrogen and oxygen atoms in total. The molecular weight excluding hydrogens is 1120 g/mol. The number of aromatic nitrogens is 2. The Balaban J connectivity index is 1.34. The van der Waals surface area contributed by atoms with Crippen molar-refractivity contribution in [2.75, 3.05) is 12.3 Å². The van der Waals surface area contributed by atoms with Gasteiger partial charge in [0.15, 0.2) is 5.96 Å². The van der Waals surface area contributed by atoms with Crippen LogP contribution < -0.4 is 60.2 Å². The monoisotopic (exact) mass is 1190 g/mol. The van der Waals surface area contributed by atoms with E-state index in [4.69, 9.17) is 22.9 Å². The number of phenolic OH excluding ortho intramolecular Hbond substituents is 1. The van der Waals surface area contributed by atoms with Gasteiger partial charge in [-0.1, -0.05) is 100 Å². The highest BCUT2D eigenvalue weighted by atomic mass is 33.1. The average Bonchev–Trinajstić information content (AvgIpc) is 4.24. The van der Waals surface area contributed by atoms with Crippen molar-refractivity contribution in [3.8, 4) is 5.75 Å². The number of primary amides is 1. The van der Waals surface area contributed by atoms with Crippen molar-refractivity contribution in [2.45, 2.75) is 118 Å². The number of para-hydroxylation sites is 2. The molecule has 3 heterocycles. The summed E-state index contributed by atoms with van der Waals surface area (Å²) in [4.78, 5) is 127. The van der Waals surface area contributed by atoms with Crippen molar-refractivity contribution in [1.29, 1.82) is 0 Å². The molecule has 8 amide bonds. The molecule has 446 valence electrons. The van der Waals surface area contributed by atoms with E-state index in [2.05, 4.69) is 52.2 Å². The molecule has 26 heteroatoms. The van der Waals surface area contributed by atoms with Gasteiger partial charge in [0, 0.05) is 70.5 Å². The molecule has 9 atom stereocenters. The molecule has 0 unspecified atom stereocenters. The molecule has 19 N–H and O–H groups in total. The first kappa shape index (κ1) is 63.0. The van der Waals surface area contributed by atoms with Crippen molar-refractivity contribution in [2.24, 2.45) is 27.9 Å². The molecule has 1 aliphatic rings. The first-order valence-corrected chi connectivity index (χ1v) is 29.5. The van der Waals surface area contributed by atoms with Gasteiger partial charge in [-0.25, -0.2) is 0 Å². The Morgan fingerprint density at radius 2 is 1.19 bits per heavy atom. The highest BCUT2D eigenvalue weighted by Crippen LogP contribution is 2.39. The van der Waals surface area contributed by atoms with Crippen LogP contribution in [0.25, 0.3) is 21.8 Å². The summed E-state index contributed by atoms with van der Waals surface area (Å²) in [6.45, 7) is 4.45. The summed E-state index contributed by atoms with van der Waals surface area (Å²) in [6, 6.07) is 17.7. The second-order valence-electron chi connectivity index (χ2n) is 21.1. The minimum atomic E-state index is -1.62. The highest BCUT2D eigenvalue weighted by molar-refractivity contribution is 8.77. The number of aromatic amines is 2. The van der Waals surface area contributed by atoms with Gasteiger partial charge in [0.1, 0.15) is 48.0 Å². The largest absolute Gasteiger partial charge is 0.508 e. The zero-order chi connectivity index (χ0) is 60.7. The number of aliphatic imine (C=N–C) groups is 1. The Kier molecular flexibility index (Phi) is 21.8. The summed E-state index contributed by atoms with van der Waals surface area (Å²) >= 11 is 0. The van der Waals surface area contributed by atoms with Crippen LogP contribution in [0, 0.1) is 0 Å². The van der Waals surface area contributed by atoms with E-state index < -0.39 is 106 Å². The Morgan fingerprint density at radius 1 is 0.679 bits per heavy atom. The smallest absolute Gasteiger partial charge is 0.244 e. The number of nitrogens with zero attached hydrogens (tertiary/aromatic N) is 1. The number of carbonyl (C=O) groups is 8. The predicted octanol–water partition coefficient (Wildman–Crippen LogP) is 0.440. The zero-order valence-corrected chi connectivity index (χ0v) is 48.2. The molecule has 0 bridgehead atoms. The lowest BCUT2D eigenvalue weighted by molar-refractivity contribution is -0.136. The van der Waals surface area contributed by atoms with Crippen LogP contribution >= 0.6 is 21.6 Å². The molecule has 84 heavy (non-hydrogen) atoms. The maximum Gasteiger partial charge on any atom is 0.244 e.